The highest BCUT2D eigenvalue weighted by atomic mass is 35.5. The highest BCUT2D eigenvalue weighted by molar-refractivity contribution is 7.88. The van der Waals surface area contributed by atoms with Crippen molar-refractivity contribution in [2.45, 2.75) is 44.9 Å². The molecule has 1 heterocycles. The lowest BCUT2D eigenvalue weighted by Gasteiger charge is -2.30. The SMILES string of the molecule is Cc1cc2nc(Cl)sc2c(OS(=O)(=O)C(F)(F)F)c1C(OC(C)(C)C)C(=O)[O-]. The lowest BCUT2D eigenvalue weighted by Crippen LogP contribution is -2.37. The zero-order chi connectivity index (χ0) is 21.7. The Morgan fingerprint density at radius 2 is 1.89 bits per heavy atom. The molecular weight excluding hydrogens is 447 g/mol. The van der Waals surface area contributed by atoms with Crippen LogP contribution in [0.15, 0.2) is 6.07 Å². The third kappa shape index (κ3) is 4.67. The van der Waals surface area contributed by atoms with Crippen LogP contribution in [-0.4, -0.2) is 30.5 Å². The third-order valence-electron chi connectivity index (χ3n) is 3.28. The van der Waals surface area contributed by atoms with Crippen LogP contribution in [0, 0.1) is 6.92 Å². The van der Waals surface area contributed by atoms with Crippen LogP contribution in [0.1, 0.15) is 38.0 Å². The fourth-order valence-electron chi connectivity index (χ4n) is 2.29. The number of aliphatic carboxylic acids is 1. The van der Waals surface area contributed by atoms with E-state index in [4.69, 9.17) is 16.3 Å². The summed E-state index contributed by atoms with van der Waals surface area (Å²) in [4.78, 5) is 15.6. The molecule has 0 aliphatic rings. The Balaban J connectivity index is 2.84. The van der Waals surface area contributed by atoms with Gasteiger partial charge in [0.25, 0.3) is 0 Å². The van der Waals surface area contributed by atoms with E-state index in [9.17, 15) is 31.5 Å². The second-order valence-corrected chi connectivity index (χ2v) is 9.78. The van der Waals surface area contributed by atoms with E-state index >= 15 is 0 Å². The number of thiazole rings is 1. The van der Waals surface area contributed by atoms with E-state index in [1.54, 1.807) is 0 Å². The first-order valence-electron chi connectivity index (χ1n) is 7.52. The van der Waals surface area contributed by atoms with E-state index in [0.29, 0.717) is 11.3 Å². The molecule has 0 fully saturated rings. The predicted molar refractivity (Wildman–Crippen MR) is 93.6 cm³/mol. The number of ether oxygens (including phenoxy) is 1. The summed E-state index contributed by atoms with van der Waals surface area (Å²) in [6, 6.07) is 1.34. The Hall–Kier alpha value is -1.63. The smallest absolute Gasteiger partial charge is 0.534 e. The van der Waals surface area contributed by atoms with Gasteiger partial charge in [0.2, 0.25) is 0 Å². The molecule has 7 nitrogen and oxygen atoms in total. The zero-order valence-corrected chi connectivity index (χ0v) is 17.3. The van der Waals surface area contributed by atoms with E-state index in [1.165, 1.54) is 33.8 Å². The molecule has 1 atom stereocenters. The molecule has 0 aliphatic carbocycles. The number of benzene rings is 1. The average Bonchev–Trinajstić information content (AvgIpc) is 2.83. The molecule has 156 valence electrons. The summed E-state index contributed by atoms with van der Waals surface area (Å²) < 4.78 is 71.3. The van der Waals surface area contributed by atoms with Gasteiger partial charge in [-0.15, -0.1) is 0 Å². The Labute approximate surface area is 167 Å². The van der Waals surface area contributed by atoms with Crippen LogP contribution < -0.4 is 9.29 Å². The summed E-state index contributed by atoms with van der Waals surface area (Å²) in [6.07, 6.45) is -1.91. The van der Waals surface area contributed by atoms with Gasteiger partial charge in [-0.05, 0) is 39.3 Å². The van der Waals surface area contributed by atoms with Crippen LogP contribution in [-0.2, 0) is 19.6 Å². The molecule has 0 saturated heterocycles. The van der Waals surface area contributed by atoms with Crippen LogP contribution in [0.4, 0.5) is 13.2 Å². The van der Waals surface area contributed by atoms with Gasteiger partial charge in [0.1, 0.15) is 6.10 Å². The highest BCUT2D eigenvalue weighted by Crippen LogP contribution is 2.44. The molecule has 0 N–H and O–H groups in total. The van der Waals surface area contributed by atoms with Crippen molar-refractivity contribution in [3.05, 3.63) is 21.7 Å². The molecule has 28 heavy (non-hydrogen) atoms. The Bertz CT molecular complexity index is 1030. The van der Waals surface area contributed by atoms with Crippen LogP contribution in [0.2, 0.25) is 4.47 Å². The Morgan fingerprint density at radius 1 is 1.32 bits per heavy atom. The van der Waals surface area contributed by atoms with E-state index in [-0.39, 0.29) is 20.2 Å². The number of carbonyl (C=O) groups is 1. The first kappa shape index (κ1) is 22.7. The maximum Gasteiger partial charge on any atom is 0.534 e. The number of aryl methyl sites for hydroxylation is 1. The number of hydrogen-bond acceptors (Lipinski definition) is 8. The van der Waals surface area contributed by atoms with Crippen molar-refractivity contribution in [2.75, 3.05) is 0 Å². The van der Waals surface area contributed by atoms with Crippen LogP contribution >= 0.6 is 22.9 Å². The maximum absolute atomic E-state index is 12.9. The van der Waals surface area contributed by atoms with Gasteiger partial charge in [-0.3, -0.25) is 0 Å². The number of hydrogen-bond donors (Lipinski definition) is 0. The van der Waals surface area contributed by atoms with Gasteiger partial charge in [0.15, 0.2) is 10.2 Å². The monoisotopic (exact) mass is 460 g/mol. The first-order chi connectivity index (χ1) is 12.5. The molecule has 2 aromatic rings. The fourth-order valence-corrected chi connectivity index (χ4v) is 3.92. The van der Waals surface area contributed by atoms with E-state index in [1.807, 2.05) is 0 Å². The minimum absolute atomic E-state index is 0.0384. The zero-order valence-electron chi connectivity index (χ0n) is 14.9. The number of carboxylic acid groups (broad SMARTS) is 1. The summed E-state index contributed by atoms with van der Waals surface area (Å²) in [6.45, 7) is 5.87. The van der Waals surface area contributed by atoms with E-state index < -0.39 is 44.6 Å². The van der Waals surface area contributed by atoms with Crippen molar-refractivity contribution in [1.29, 1.82) is 0 Å². The van der Waals surface area contributed by atoms with Crippen molar-refractivity contribution in [1.82, 2.24) is 4.98 Å². The highest BCUT2D eigenvalue weighted by Gasteiger charge is 2.49. The molecule has 2 rings (SSSR count). The first-order valence-corrected chi connectivity index (χ1v) is 10.1. The van der Waals surface area contributed by atoms with Crippen LogP contribution in [0.5, 0.6) is 5.75 Å². The Morgan fingerprint density at radius 3 is 2.36 bits per heavy atom. The Kier molecular flexibility index (Phi) is 5.92. The molecule has 0 bridgehead atoms. The summed E-state index contributed by atoms with van der Waals surface area (Å²) in [5.74, 6) is -2.66. The average molecular weight is 461 g/mol. The summed E-state index contributed by atoms with van der Waals surface area (Å²) in [7, 11) is -6.11. The van der Waals surface area contributed by atoms with Crippen molar-refractivity contribution >= 4 is 49.2 Å². The number of nitrogens with zero attached hydrogens (tertiary/aromatic N) is 1. The minimum atomic E-state index is -6.11. The molecule has 0 amide bonds. The number of rotatable bonds is 5. The van der Waals surface area contributed by atoms with Gasteiger partial charge in [-0.2, -0.15) is 21.6 Å². The topological polar surface area (TPSA) is 106 Å². The lowest BCUT2D eigenvalue weighted by molar-refractivity contribution is -0.321. The van der Waals surface area contributed by atoms with Crippen molar-refractivity contribution in [2.24, 2.45) is 0 Å². The lowest BCUT2D eigenvalue weighted by atomic mass is 10.0. The standard InChI is InChI=1S/C15H15ClF3NO6S2/c1-6-5-7-11(27-13(16)20-7)9(26-28(23,24)15(17,18)19)8(6)10(12(21)22)25-14(2,3)4/h5,10H,1-4H3,(H,21,22)/p-1. The predicted octanol–water partition coefficient (Wildman–Crippen LogP) is 3.09. The molecule has 0 aliphatic heterocycles. The fraction of sp³-hybridized carbons (Fsp3) is 0.467. The van der Waals surface area contributed by atoms with Gasteiger partial charge < -0.3 is 18.8 Å². The molecule has 1 aromatic heterocycles. The van der Waals surface area contributed by atoms with Gasteiger partial charge in [0, 0.05) is 5.56 Å². The third-order valence-corrected chi connectivity index (χ3v) is 5.41. The van der Waals surface area contributed by atoms with E-state index in [2.05, 4.69) is 9.17 Å². The quantitative estimate of drug-likeness (QED) is 0.498. The number of carbonyl (C=O) groups excluding carboxylic acids is 1. The summed E-state index contributed by atoms with van der Waals surface area (Å²) in [5.41, 5.74) is -7.12. The molecule has 1 aromatic carbocycles. The summed E-state index contributed by atoms with van der Waals surface area (Å²) in [5, 5.41) is 11.7. The van der Waals surface area contributed by atoms with Gasteiger partial charge in [-0.1, -0.05) is 22.9 Å². The number of alkyl halides is 3. The molecule has 0 saturated carbocycles. The molecule has 0 spiro atoms. The van der Waals surface area contributed by atoms with E-state index in [0.717, 1.165) is 0 Å². The normalized spacial score (nSPS) is 14.3. The van der Waals surface area contributed by atoms with Crippen molar-refractivity contribution in [3.8, 4) is 5.75 Å². The molecule has 0 radical (unpaired) electrons. The number of carboxylic acids is 1. The van der Waals surface area contributed by atoms with Crippen LogP contribution in [0.25, 0.3) is 10.2 Å². The molecular formula is C15H14ClF3NO6S2-. The minimum Gasteiger partial charge on any atom is -0.547 e. The van der Waals surface area contributed by atoms with Gasteiger partial charge in [0.05, 0.1) is 21.8 Å². The van der Waals surface area contributed by atoms with Gasteiger partial charge >= 0.3 is 15.6 Å². The number of halogens is 4. The van der Waals surface area contributed by atoms with Crippen LogP contribution in [0.3, 0.4) is 0 Å². The molecule has 1 unspecified atom stereocenters. The maximum atomic E-state index is 12.9. The number of aromatic nitrogens is 1. The van der Waals surface area contributed by atoms with Crippen molar-refractivity contribution in [3.63, 3.8) is 0 Å². The van der Waals surface area contributed by atoms with Crippen molar-refractivity contribution < 1.29 is 40.4 Å². The summed E-state index contributed by atoms with van der Waals surface area (Å²) >= 11 is 6.42. The second-order valence-electron chi connectivity index (χ2n) is 6.66. The second kappa shape index (κ2) is 7.32. The molecule has 13 heteroatoms. The van der Waals surface area contributed by atoms with Gasteiger partial charge in [-0.25, -0.2) is 4.98 Å². The number of fused-ring (bicyclic) bond motifs is 1. The largest absolute Gasteiger partial charge is 0.547 e.